The van der Waals surface area contributed by atoms with Gasteiger partial charge in [-0.25, -0.2) is 4.39 Å². The lowest BCUT2D eigenvalue weighted by Crippen LogP contribution is -2.51. The first kappa shape index (κ1) is 28.4. The van der Waals surface area contributed by atoms with Crippen molar-refractivity contribution in [1.82, 2.24) is 10.2 Å². The molecule has 0 bridgehead atoms. The molecule has 0 aliphatic carbocycles. The Balaban J connectivity index is 1.87. The van der Waals surface area contributed by atoms with Crippen LogP contribution in [-0.4, -0.2) is 58.8 Å². The fraction of sp³-hybridized carbons (Fsp3) is 0.407. The van der Waals surface area contributed by atoms with Gasteiger partial charge >= 0.3 is 0 Å². The Labute approximate surface area is 210 Å². The highest BCUT2D eigenvalue weighted by molar-refractivity contribution is 7.10. The van der Waals surface area contributed by atoms with Gasteiger partial charge in [0, 0.05) is 30.9 Å². The van der Waals surface area contributed by atoms with E-state index < -0.39 is 24.0 Å². The molecule has 3 N–H and O–H groups in total. The van der Waals surface area contributed by atoms with Crippen molar-refractivity contribution in [3.05, 3.63) is 81.8 Å². The molecular weight excluding hydrogens is 467 g/mol. The summed E-state index contributed by atoms with van der Waals surface area (Å²) in [6, 6.07) is 8.60. The summed E-state index contributed by atoms with van der Waals surface area (Å²) in [7, 11) is 0. The molecule has 0 saturated carbocycles. The van der Waals surface area contributed by atoms with Crippen molar-refractivity contribution in [2.24, 2.45) is 0 Å². The summed E-state index contributed by atoms with van der Waals surface area (Å²) in [6.07, 6.45) is 2.41. The Morgan fingerprint density at radius 2 is 2.00 bits per heavy atom. The lowest BCUT2D eigenvalue weighted by atomic mass is 10.1. The number of hydrogen-bond acceptors (Lipinski definition) is 5. The van der Waals surface area contributed by atoms with Crippen LogP contribution in [0.4, 0.5) is 4.39 Å². The Morgan fingerprint density at radius 1 is 1.26 bits per heavy atom. The van der Waals surface area contributed by atoms with Gasteiger partial charge in [0.15, 0.2) is 12.2 Å². The molecule has 1 aromatic heterocycles. The van der Waals surface area contributed by atoms with Crippen molar-refractivity contribution in [3.63, 3.8) is 0 Å². The van der Waals surface area contributed by atoms with E-state index in [2.05, 4.69) is 11.9 Å². The van der Waals surface area contributed by atoms with Gasteiger partial charge in [0.05, 0.1) is 0 Å². The van der Waals surface area contributed by atoms with Crippen molar-refractivity contribution >= 4 is 23.2 Å². The molecule has 2 aromatic rings. The predicted molar refractivity (Wildman–Crippen MR) is 138 cm³/mol. The average Bonchev–Trinajstić information content (AvgIpc) is 3.29. The summed E-state index contributed by atoms with van der Waals surface area (Å²) >= 11 is 1.51. The van der Waals surface area contributed by atoms with Crippen LogP contribution in [0.1, 0.15) is 42.7 Å². The minimum absolute atomic E-state index is 0.210. The highest BCUT2D eigenvalue weighted by Crippen LogP contribution is 2.20. The molecule has 6 nitrogen and oxygen atoms in total. The summed E-state index contributed by atoms with van der Waals surface area (Å²) in [5.41, 5.74) is 2.29. The zero-order chi connectivity index (χ0) is 25.8. The Bertz CT molecular complexity index is 1020. The second kappa shape index (κ2) is 14.6. The van der Waals surface area contributed by atoms with Crippen LogP contribution < -0.4 is 5.32 Å². The Hall–Kier alpha value is -2.81. The number of rotatable bonds is 14. The van der Waals surface area contributed by atoms with Crippen LogP contribution >= 0.6 is 11.3 Å². The van der Waals surface area contributed by atoms with Gasteiger partial charge in [-0.1, -0.05) is 50.3 Å². The van der Waals surface area contributed by atoms with E-state index in [9.17, 15) is 24.2 Å². The number of aliphatic hydroxyl groups excluding tert-OH is 2. The second-order valence-corrected chi connectivity index (χ2v) is 9.39. The summed E-state index contributed by atoms with van der Waals surface area (Å²) in [5, 5.41) is 25.2. The average molecular weight is 503 g/mol. The largest absolute Gasteiger partial charge is 0.380 e. The number of nitrogens with one attached hydrogen (secondary N) is 1. The molecule has 1 heterocycles. The van der Waals surface area contributed by atoms with Crippen molar-refractivity contribution in [2.75, 3.05) is 19.6 Å². The van der Waals surface area contributed by atoms with Crippen molar-refractivity contribution in [3.8, 4) is 0 Å². The standard InChI is InChI=1S/C27H35FN2O4S/c1-4-6-14-30(17-19(3)9-5-2)27(34)25(32)24(31)26(33)29-13-12-22-16-20(18-35-22)15-21-10-7-8-11-23(21)28/h5,7-11,16,18,24-25,31-32H,3-4,6,12-15,17H2,1-2H3,(H,29,33)/b9-5-. The van der Waals surface area contributed by atoms with E-state index in [-0.39, 0.29) is 18.9 Å². The van der Waals surface area contributed by atoms with Crippen molar-refractivity contribution in [2.45, 2.75) is 51.7 Å². The molecule has 0 fully saturated rings. The number of nitrogens with zero attached hydrogens (tertiary/aromatic N) is 1. The fourth-order valence-electron chi connectivity index (χ4n) is 3.54. The van der Waals surface area contributed by atoms with E-state index in [1.807, 2.05) is 25.3 Å². The molecule has 0 saturated heterocycles. The first-order chi connectivity index (χ1) is 16.8. The molecular formula is C27H35FN2O4S. The number of carbonyl (C=O) groups excluding carboxylic acids is 2. The quantitative estimate of drug-likeness (QED) is 0.344. The van der Waals surface area contributed by atoms with E-state index >= 15 is 0 Å². The minimum atomic E-state index is -1.87. The van der Waals surface area contributed by atoms with Crippen LogP contribution in [0, 0.1) is 5.82 Å². The van der Waals surface area contributed by atoms with Gasteiger partial charge < -0.3 is 20.4 Å². The maximum absolute atomic E-state index is 13.9. The van der Waals surface area contributed by atoms with E-state index in [4.69, 9.17) is 0 Å². The highest BCUT2D eigenvalue weighted by Gasteiger charge is 2.33. The number of hydrogen-bond donors (Lipinski definition) is 3. The second-order valence-electron chi connectivity index (χ2n) is 8.39. The van der Waals surface area contributed by atoms with Crippen LogP contribution in [0.5, 0.6) is 0 Å². The SMILES string of the molecule is C=C(/C=C\C)CN(CCCC)C(=O)C(O)C(O)C(=O)NCCc1cc(Cc2ccccc2F)cs1. The molecule has 0 radical (unpaired) electrons. The molecule has 0 aliphatic rings. The third-order valence-electron chi connectivity index (χ3n) is 5.44. The van der Waals surface area contributed by atoms with Gasteiger partial charge in [-0.05, 0) is 54.0 Å². The first-order valence-corrected chi connectivity index (χ1v) is 12.7. The molecule has 190 valence electrons. The smallest absolute Gasteiger partial charge is 0.254 e. The van der Waals surface area contributed by atoms with Crippen molar-refractivity contribution < 1.29 is 24.2 Å². The number of amides is 2. The van der Waals surface area contributed by atoms with Crippen LogP contribution in [0.2, 0.25) is 0 Å². The molecule has 35 heavy (non-hydrogen) atoms. The lowest BCUT2D eigenvalue weighted by molar-refractivity contribution is -0.152. The molecule has 2 amide bonds. The molecule has 2 rings (SSSR count). The van der Waals surface area contributed by atoms with Gasteiger partial charge in [-0.2, -0.15) is 0 Å². The van der Waals surface area contributed by atoms with Crippen molar-refractivity contribution in [1.29, 1.82) is 0 Å². The number of benzene rings is 1. The molecule has 8 heteroatoms. The predicted octanol–water partition coefficient (Wildman–Crippen LogP) is 3.62. The van der Waals surface area contributed by atoms with Gasteiger partial charge in [0.1, 0.15) is 5.82 Å². The number of unbranched alkanes of at least 4 members (excludes halogenated alkanes) is 1. The summed E-state index contributed by atoms with van der Waals surface area (Å²) in [4.78, 5) is 27.5. The normalized spacial score (nSPS) is 12.9. The summed E-state index contributed by atoms with van der Waals surface area (Å²) < 4.78 is 13.9. The number of thiophene rings is 1. The van der Waals surface area contributed by atoms with Gasteiger partial charge in [0.25, 0.3) is 11.8 Å². The van der Waals surface area contributed by atoms with E-state index in [1.165, 1.54) is 22.3 Å². The zero-order valence-electron chi connectivity index (χ0n) is 20.4. The highest BCUT2D eigenvalue weighted by atomic mass is 32.1. The molecule has 2 atom stereocenters. The van der Waals surface area contributed by atoms with Crippen LogP contribution in [0.3, 0.4) is 0 Å². The van der Waals surface area contributed by atoms with E-state index in [0.717, 1.165) is 23.3 Å². The zero-order valence-corrected chi connectivity index (χ0v) is 21.2. The Kier molecular flexibility index (Phi) is 11.8. The van der Waals surface area contributed by atoms with Crippen LogP contribution in [0.15, 0.2) is 60.0 Å². The fourth-order valence-corrected chi connectivity index (χ4v) is 4.43. The lowest BCUT2D eigenvalue weighted by Gasteiger charge is -2.27. The summed E-state index contributed by atoms with van der Waals surface area (Å²) in [5.74, 6) is -1.76. The van der Waals surface area contributed by atoms with E-state index in [1.54, 1.807) is 30.4 Å². The monoisotopic (exact) mass is 502 g/mol. The van der Waals surface area contributed by atoms with Gasteiger partial charge in [0.2, 0.25) is 0 Å². The van der Waals surface area contributed by atoms with Crippen LogP contribution in [0.25, 0.3) is 0 Å². The molecule has 2 unspecified atom stereocenters. The number of carbonyl (C=O) groups is 2. The molecule has 0 spiro atoms. The number of halogens is 1. The van der Waals surface area contributed by atoms with Gasteiger partial charge in [-0.15, -0.1) is 11.3 Å². The minimum Gasteiger partial charge on any atom is -0.380 e. The number of allylic oxidation sites excluding steroid dienone is 1. The maximum atomic E-state index is 13.9. The van der Waals surface area contributed by atoms with E-state index in [0.29, 0.717) is 30.5 Å². The van der Waals surface area contributed by atoms with Gasteiger partial charge in [-0.3, -0.25) is 9.59 Å². The summed E-state index contributed by atoms with van der Waals surface area (Å²) in [6.45, 7) is 8.55. The Morgan fingerprint density at radius 3 is 2.69 bits per heavy atom. The first-order valence-electron chi connectivity index (χ1n) is 11.8. The molecule has 0 aliphatic heterocycles. The third-order valence-corrected chi connectivity index (χ3v) is 6.49. The third kappa shape index (κ3) is 9.05. The molecule has 1 aromatic carbocycles. The number of aliphatic hydroxyl groups is 2. The maximum Gasteiger partial charge on any atom is 0.254 e. The van der Waals surface area contributed by atoms with Crippen LogP contribution in [-0.2, 0) is 22.4 Å². The topological polar surface area (TPSA) is 89.9 Å².